The molecule has 2 bridgehead atoms. The molecule has 0 atom stereocenters. The third kappa shape index (κ3) is 6.98. The largest absolute Gasteiger partial charge is 0.290 e. The SMILES string of the molecule is CCCCCCc1cc2c(s1)c1c(c3sc(CCCCCC)cc32)C2C(=O)C(=O)C1c1c2c2sc(CCCCCC)cc2c2cc(CCCCCC)sc12. The zero-order chi connectivity index (χ0) is 37.3. The van der Waals surface area contributed by atoms with Gasteiger partial charge in [0.2, 0.25) is 11.6 Å². The van der Waals surface area contributed by atoms with Crippen molar-refractivity contribution < 1.29 is 9.59 Å². The summed E-state index contributed by atoms with van der Waals surface area (Å²) >= 11 is 7.72. The molecule has 3 aliphatic carbocycles. The predicted octanol–water partition coefficient (Wildman–Crippen LogP) is 15.8. The van der Waals surface area contributed by atoms with E-state index in [-0.39, 0.29) is 11.6 Å². The highest BCUT2D eigenvalue weighted by Crippen LogP contribution is 2.61. The number of aryl methyl sites for hydroxylation is 4. The van der Waals surface area contributed by atoms with Crippen molar-refractivity contribution in [3.8, 4) is 0 Å². The summed E-state index contributed by atoms with van der Waals surface area (Å²) in [5, 5.41) is 5.32. The molecule has 2 aromatic carbocycles. The molecule has 2 nitrogen and oxygen atoms in total. The number of hydrogen-bond donors (Lipinski definition) is 0. The van der Waals surface area contributed by atoms with Crippen molar-refractivity contribution in [1.29, 1.82) is 0 Å². The highest BCUT2D eigenvalue weighted by atomic mass is 32.1. The maximum Gasteiger partial charge on any atom is 0.211 e. The smallest absolute Gasteiger partial charge is 0.211 e. The molecule has 0 amide bonds. The molecule has 0 saturated heterocycles. The highest BCUT2D eigenvalue weighted by molar-refractivity contribution is 7.22. The van der Waals surface area contributed by atoms with Gasteiger partial charge in [-0.15, -0.1) is 45.3 Å². The number of benzene rings is 2. The van der Waals surface area contributed by atoms with Crippen molar-refractivity contribution in [2.45, 2.75) is 168 Å². The molecule has 6 aromatic rings. The molecule has 9 rings (SSSR count). The molecule has 54 heavy (non-hydrogen) atoms. The van der Waals surface area contributed by atoms with Crippen LogP contribution in [0.5, 0.6) is 0 Å². The Morgan fingerprint density at radius 3 is 0.833 bits per heavy atom. The Kier molecular flexibility index (Phi) is 12.1. The van der Waals surface area contributed by atoms with Gasteiger partial charge in [-0.1, -0.05) is 105 Å². The molecule has 0 radical (unpaired) electrons. The van der Waals surface area contributed by atoms with Gasteiger partial charge in [-0.25, -0.2) is 0 Å². The van der Waals surface area contributed by atoms with Crippen molar-refractivity contribution in [2.75, 3.05) is 0 Å². The molecule has 0 spiro atoms. The normalized spacial score (nSPS) is 16.6. The minimum atomic E-state index is -0.505. The Bertz CT molecular complexity index is 2000. The number of fused-ring (bicyclic) bond motifs is 7. The van der Waals surface area contributed by atoms with Crippen LogP contribution in [0.2, 0.25) is 0 Å². The van der Waals surface area contributed by atoms with Crippen molar-refractivity contribution >= 4 is 97.3 Å². The Hall–Kier alpha value is -2.38. The lowest BCUT2D eigenvalue weighted by Crippen LogP contribution is -2.41. The predicted molar refractivity (Wildman–Crippen MR) is 239 cm³/mol. The first kappa shape index (κ1) is 38.5. The van der Waals surface area contributed by atoms with Crippen LogP contribution in [-0.2, 0) is 35.3 Å². The second-order valence-electron chi connectivity index (χ2n) is 16.3. The Morgan fingerprint density at radius 1 is 0.370 bits per heavy atom. The lowest BCUT2D eigenvalue weighted by atomic mass is 9.61. The minimum Gasteiger partial charge on any atom is -0.290 e. The number of ketones is 2. The van der Waals surface area contributed by atoms with Crippen LogP contribution in [0.1, 0.15) is 184 Å². The van der Waals surface area contributed by atoms with Gasteiger partial charge in [0.15, 0.2) is 0 Å². The summed E-state index contributed by atoms with van der Waals surface area (Å²) in [4.78, 5) is 35.0. The standard InChI is InChI=1S/C48H58O2S4/c1-5-9-13-17-21-29-25-33-34-26-30(22-18-14-10-6-2)52-46(34)40-38-42-41(37(43(49)44(38)50)39(40)45(33)51-29)47-35(27-31(53-47)23-19-15-11-7-3)36-28-32(54-48(36)42)24-20-16-12-8-4/h25-28,37-38H,5-24H2,1-4H3. The van der Waals surface area contributed by atoms with Crippen molar-refractivity contribution in [3.63, 3.8) is 0 Å². The molecule has 3 aliphatic rings. The number of carbonyl (C=O) groups is 2. The molecule has 286 valence electrons. The minimum absolute atomic E-state index is 0.162. The number of unbranched alkanes of at least 4 members (excludes halogenated alkanes) is 12. The van der Waals surface area contributed by atoms with E-state index >= 15 is 0 Å². The van der Waals surface area contributed by atoms with E-state index in [0.29, 0.717) is 0 Å². The van der Waals surface area contributed by atoms with Gasteiger partial charge in [0.25, 0.3) is 0 Å². The van der Waals surface area contributed by atoms with Crippen LogP contribution < -0.4 is 0 Å². The van der Waals surface area contributed by atoms with Crippen LogP contribution >= 0.6 is 45.3 Å². The molecule has 0 fully saturated rings. The van der Waals surface area contributed by atoms with Gasteiger partial charge in [0.1, 0.15) is 0 Å². The van der Waals surface area contributed by atoms with Crippen LogP contribution in [0.15, 0.2) is 24.3 Å². The van der Waals surface area contributed by atoms with Crippen LogP contribution in [0, 0.1) is 0 Å². The quantitative estimate of drug-likeness (QED) is 0.0570. The average molecular weight is 795 g/mol. The molecule has 4 aromatic heterocycles. The van der Waals surface area contributed by atoms with Gasteiger partial charge in [-0.05, 0) is 97.9 Å². The zero-order valence-corrected chi connectivity index (χ0v) is 36.3. The van der Waals surface area contributed by atoms with E-state index in [2.05, 4.69) is 52.0 Å². The maximum absolute atomic E-state index is 14.7. The third-order valence-corrected chi connectivity index (χ3v) is 17.2. The van der Waals surface area contributed by atoms with E-state index in [1.807, 2.05) is 45.3 Å². The Balaban J connectivity index is 1.34. The van der Waals surface area contributed by atoms with Gasteiger partial charge < -0.3 is 0 Å². The van der Waals surface area contributed by atoms with Gasteiger partial charge >= 0.3 is 0 Å². The molecule has 6 heteroatoms. The molecule has 0 unspecified atom stereocenters. The van der Waals surface area contributed by atoms with Crippen LogP contribution in [0.3, 0.4) is 0 Å². The van der Waals surface area contributed by atoms with Gasteiger partial charge in [0.05, 0.1) is 11.8 Å². The lowest BCUT2D eigenvalue weighted by Gasteiger charge is -2.39. The number of thiophene rings is 4. The van der Waals surface area contributed by atoms with Gasteiger partial charge in [-0.3, -0.25) is 9.59 Å². The summed E-state index contributed by atoms with van der Waals surface area (Å²) in [6.45, 7) is 9.12. The summed E-state index contributed by atoms with van der Waals surface area (Å²) in [6, 6.07) is 9.89. The van der Waals surface area contributed by atoms with E-state index in [1.165, 1.54) is 185 Å². The topological polar surface area (TPSA) is 34.1 Å². The molecular formula is C48H58O2S4. The lowest BCUT2D eigenvalue weighted by molar-refractivity contribution is -0.138. The monoisotopic (exact) mass is 794 g/mol. The number of rotatable bonds is 20. The van der Waals surface area contributed by atoms with E-state index < -0.39 is 11.8 Å². The highest BCUT2D eigenvalue weighted by Gasteiger charge is 2.53. The number of hydrogen-bond acceptors (Lipinski definition) is 6. The molecular weight excluding hydrogens is 737 g/mol. The van der Waals surface area contributed by atoms with Crippen molar-refractivity contribution in [3.05, 3.63) is 66.0 Å². The molecule has 0 saturated carbocycles. The van der Waals surface area contributed by atoms with Crippen LogP contribution in [-0.4, -0.2) is 11.6 Å². The van der Waals surface area contributed by atoms with Gasteiger partial charge in [0, 0.05) is 59.9 Å². The average Bonchev–Trinajstić information content (AvgIpc) is 3.98. The second-order valence-corrected chi connectivity index (χ2v) is 20.9. The summed E-state index contributed by atoms with van der Waals surface area (Å²) < 4.78 is 5.14. The maximum atomic E-state index is 14.7. The molecule has 0 N–H and O–H groups in total. The van der Waals surface area contributed by atoms with Crippen molar-refractivity contribution in [2.24, 2.45) is 0 Å². The first-order valence-electron chi connectivity index (χ1n) is 21.6. The first-order valence-corrected chi connectivity index (χ1v) is 24.8. The summed E-state index contributed by atoms with van der Waals surface area (Å²) in [6.07, 6.45) is 24.3. The summed E-state index contributed by atoms with van der Waals surface area (Å²) in [5.41, 5.74) is 4.77. The van der Waals surface area contributed by atoms with E-state index in [0.717, 1.165) is 25.7 Å². The number of Topliss-reactive ketones (excluding diaryl/α,β-unsaturated/α-hetero) is 2. The fraction of sp³-hybridized carbons (Fsp3) is 0.542. The van der Waals surface area contributed by atoms with E-state index in [4.69, 9.17) is 0 Å². The third-order valence-electron chi connectivity index (χ3n) is 12.3. The summed E-state index contributed by atoms with van der Waals surface area (Å²) in [7, 11) is 0. The summed E-state index contributed by atoms with van der Waals surface area (Å²) in [5.74, 6) is -1.33. The first-order chi connectivity index (χ1) is 26.5. The second kappa shape index (κ2) is 17.0. The molecule has 4 heterocycles. The van der Waals surface area contributed by atoms with Crippen LogP contribution in [0.25, 0.3) is 40.3 Å². The molecule has 0 aliphatic heterocycles. The Morgan fingerprint density at radius 2 is 0.611 bits per heavy atom. The number of carbonyl (C=O) groups excluding carboxylic acids is 2. The Labute approximate surface area is 338 Å². The van der Waals surface area contributed by atoms with E-state index in [1.54, 1.807) is 0 Å². The van der Waals surface area contributed by atoms with E-state index in [9.17, 15) is 9.59 Å². The fourth-order valence-corrected chi connectivity index (χ4v) is 14.7. The zero-order valence-electron chi connectivity index (χ0n) is 33.1. The van der Waals surface area contributed by atoms with Gasteiger partial charge in [-0.2, -0.15) is 0 Å². The van der Waals surface area contributed by atoms with Crippen molar-refractivity contribution in [1.82, 2.24) is 0 Å². The van der Waals surface area contributed by atoms with Crippen LogP contribution in [0.4, 0.5) is 0 Å². The fourth-order valence-electron chi connectivity index (χ4n) is 9.50.